The largest absolute Gasteiger partial charge is 0.478 e. The Hall–Kier alpha value is -1.33. The molecule has 5 heteroatoms. The molecule has 0 aliphatic carbocycles. The third-order valence-corrected chi connectivity index (χ3v) is 4.01. The van der Waals surface area contributed by atoms with E-state index in [1.165, 1.54) is 25.2 Å². The first-order valence-corrected chi connectivity index (χ1v) is 6.69. The van der Waals surface area contributed by atoms with Gasteiger partial charge in [0.2, 0.25) is 0 Å². The zero-order chi connectivity index (χ0) is 13.9. The maximum atomic E-state index is 11.0. The summed E-state index contributed by atoms with van der Waals surface area (Å²) >= 11 is 0. The Morgan fingerprint density at radius 2 is 2.21 bits per heavy atom. The Morgan fingerprint density at radius 1 is 1.53 bits per heavy atom. The lowest BCUT2D eigenvalue weighted by Crippen LogP contribution is -2.41. The number of hydrogen-bond acceptors (Lipinski definition) is 4. The summed E-state index contributed by atoms with van der Waals surface area (Å²) < 4.78 is 5.21. The molecule has 2 N–H and O–H groups in total. The summed E-state index contributed by atoms with van der Waals surface area (Å²) in [7, 11) is 2.15. The molecule has 0 bridgehead atoms. The molecule has 0 saturated carbocycles. The predicted molar refractivity (Wildman–Crippen MR) is 72.2 cm³/mol. The lowest BCUT2D eigenvalue weighted by atomic mass is 9.80. The molecule has 1 aromatic heterocycles. The molecule has 0 atom stereocenters. The predicted octanol–water partition coefficient (Wildman–Crippen LogP) is 1.80. The molecule has 2 rings (SSSR count). The van der Waals surface area contributed by atoms with Crippen LogP contribution < -0.4 is 5.32 Å². The Labute approximate surface area is 113 Å². The van der Waals surface area contributed by atoms with Crippen molar-refractivity contribution < 1.29 is 14.3 Å². The van der Waals surface area contributed by atoms with Crippen molar-refractivity contribution in [3.05, 3.63) is 23.7 Å². The van der Waals surface area contributed by atoms with Crippen molar-refractivity contribution in [2.24, 2.45) is 5.41 Å². The van der Waals surface area contributed by atoms with Crippen molar-refractivity contribution in [1.29, 1.82) is 0 Å². The maximum absolute atomic E-state index is 11.0. The van der Waals surface area contributed by atoms with Gasteiger partial charge in [-0.1, -0.05) is 6.92 Å². The minimum Gasteiger partial charge on any atom is -0.478 e. The number of nitrogens with zero attached hydrogens (tertiary/aromatic N) is 1. The molecule has 0 radical (unpaired) electrons. The smallest absolute Gasteiger partial charge is 0.339 e. The first kappa shape index (κ1) is 14.1. The van der Waals surface area contributed by atoms with E-state index < -0.39 is 5.97 Å². The van der Waals surface area contributed by atoms with Gasteiger partial charge in [-0.3, -0.25) is 0 Å². The molecule has 19 heavy (non-hydrogen) atoms. The van der Waals surface area contributed by atoms with Gasteiger partial charge in [-0.25, -0.2) is 4.79 Å². The summed E-state index contributed by atoms with van der Waals surface area (Å²) in [5.41, 5.74) is 0.545. The second-order valence-corrected chi connectivity index (χ2v) is 5.78. The van der Waals surface area contributed by atoms with Crippen molar-refractivity contribution in [2.75, 3.05) is 26.7 Å². The lowest BCUT2D eigenvalue weighted by molar-refractivity contribution is 0.0694. The van der Waals surface area contributed by atoms with Crippen molar-refractivity contribution >= 4 is 5.97 Å². The van der Waals surface area contributed by atoms with Gasteiger partial charge in [0.05, 0.1) is 12.8 Å². The van der Waals surface area contributed by atoms with Crippen LogP contribution in [0.2, 0.25) is 0 Å². The third kappa shape index (κ3) is 3.58. The molecule has 1 fully saturated rings. The van der Waals surface area contributed by atoms with E-state index in [0.29, 0.717) is 17.7 Å². The van der Waals surface area contributed by atoms with E-state index >= 15 is 0 Å². The number of carboxylic acid groups (broad SMARTS) is 1. The summed E-state index contributed by atoms with van der Waals surface area (Å²) in [6.07, 6.45) is 3.76. The van der Waals surface area contributed by atoms with Crippen LogP contribution in [-0.2, 0) is 6.54 Å². The van der Waals surface area contributed by atoms with E-state index in [-0.39, 0.29) is 5.56 Å². The molecule has 0 spiro atoms. The van der Waals surface area contributed by atoms with Crippen LogP contribution in [0.15, 0.2) is 16.7 Å². The number of carboxylic acids is 1. The molecule has 1 aliphatic rings. The van der Waals surface area contributed by atoms with Crippen molar-refractivity contribution in [3.8, 4) is 0 Å². The Kier molecular flexibility index (Phi) is 4.27. The zero-order valence-electron chi connectivity index (χ0n) is 11.6. The minimum absolute atomic E-state index is 0.251. The van der Waals surface area contributed by atoms with Crippen LogP contribution in [0, 0.1) is 5.41 Å². The number of rotatable bonds is 5. The zero-order valence-corrected chi connectivity index (χ0v) is 11.6. The summed E-state index contributed by atoms with van der Waals surface area (Å²) in [5, 5.41) is 12.3. The number of likely N-dealkylation sites (tertiary alicyclic amines) is 1. The van der Waals surface area contributed by atoms with Crippen LogP contribution in [0.1, 0.15) is 35.9 Å². The molecule has 1 aliphatic heterocycles. The fraction of sp³-hybridized carbons (Fsp3) is 0.643. The Balaban J connectivity index is 1.83. The number of carbonyl (C=O) groups is 1. The van der Waals surface area contributed by atoms with E-state index in [4.69, 9.17) is 9.52 Å². The molecule has 5 nitrogen and oxygen atoms in total. The number of hydrogen-bond donors (Lipinski definition) is 2. The summed E-state index contributed by atoms with van der Waals surface area (Å²) in [5.74, 6) is -0.430. The highest BCUT2D eigenvalue weighted by Gasteiger charge is 2.28. The highest BCUT2D eigenvalue weighted by atomic mass is 16.4. The van der Waals surface area contributed by atoms with E-state index in [0.717, 1.165) is 19.6 Å². The SMILES string of the molecule is CN1CCC(C)(CNCc2occc2C(=O)O)CC1. The van der Waals surface area contributed by atoms with Crippen LogP contribution in [0.3, 0.4) is 0 Å². The average Bonchev–Trinajstić information content (AvgIpc) is 2.82. The van der Waals surface area contributed by atoms with Crippen LogP contribution in [0.25, 0.3) is 0 Å². The maximum Gasteiger partial charge on any atom is 0.339 e. The molecular weight excluding hydrogens is 244 g/mol. The standard InChI is InChI=1S/C14H22N2O3/c1-14(4-6-16(2)7-5-14)10-15-9-12-11(13(17)18)3-8-19-12/h3,8,15H,4-7,9-10H2,1-2H3,(H,17,18). The second-order valence-electron chi connectivity index (χ2n) is 5.78. The third-order valence-electron chi connectivity index (χ3n) is 4.01. The molecule has 1 aromatic rings. The minimum atomic E-state index is -0.934. The van der Waals surface area contributed by atoms with E-state index in [9.17, 15) is 4.79 Å². The van der Waals surface area contributed by atoms with Crippen LogP contribution in [0.5, 0.6) is 0 Å². The summed E-state index contributed by atoms with van der Waals surface area (Å²) in [6.45, 7) is 5.90. The van der Waals surface area contributed by atoms with Gasteiger partial charge in [-0.05, 0) is 44.5 Å². The topological polar surface area (TPSA) is 65.7 Å². The average molecular weight is 266 g/mol. The number of piperidine rings is 1. The van der Waals surface area contributed by atoms with E-state index in [1.54, 1.807) is 0 Å². The Bertz CT molecular complexity index is 434. The summed E-state index contributed by atoms with van der Waals surface area (Å²) in [6, 6.07) is 1.50. The molecule has 0 unspecified atom stereocenters. The van der Waals surface area contributed by atoms with E-state index in [2.05, 4.69) is 24.2 Å². The first-order valence-electron chi connectivity index (χ1n) is 6.69. The molecule has 2 heterocycles. The molecule has 0 amide bonds. The van der Waals surface area contributed by atoms with Gasteiger partial charge in [-0.2, -0.15) is 0 Å². The van der Waals surface area contributed by atoms with Crippen molar-refractivity contribution in [2.45, 2.75) is 26.3 Å². The second kappa shape index (κ2) is 5.75. The Morgan fingerprint density at radius 3 is 2.84 bits per heavy atom. The fourth-order valence-electron chi connectivity index (χ4n) is 2.48. The van der Waals surface area contributed by atoms with Crippen molar-refractivity contribution in [1.82, 2.24) is 10.2 Å². The first-order chi connectivity index (χ1) is 9.00. The fourth-order valence-corrected chi connectivity index (χ4v) is 2.48. The van der Waals surface area contributed by atoms with E-state index in [1.807, 2.05) is 0 Å². The van der Waals surface area contributed by atoms with Crippen LogP contribution in [-0.4, -0.2) is 42.7 Å². The van der Waals surface area contributed by atoms with Gasteiger partial charge in [0.1, 0.15) is 11.3 Å². The van der Waals surface area contributed by atoms with Crippen molar-refractivity contribution in [3.63, 3.8) is 0 Å². The highest BCUT2D eigenvalue weighted by molar-refractivity contribution is 5.88. The van der Waals surface area contributed by atoms with Gasteiger partial charge >= 0.3 is 5.97 Å². The normalized spacial score (nSPS) is 19.5. The van der Waals surface area contributed by atoms with Gasteiger partial charge in [0.15, 0.2) is 0 Å². The molecule has 106 valence electrons. The molecular formula is C14H22N2O3. The van der Waals surface area contributed by atoms with Gasteiger partial charge < -0.3 is 19.7 Å². The molecule has 0 aromatic carbocycles. The highest BCUT2D eigenvalue weighted by Crippen LogP contribution is 2.29. The number of nitrogens with one attached hydrogen (secondary N) is 1. The van der Waals surface area contributed by atoms with Gasteiger partial charge in [0.25, 0.3) is 0 Å². The summed E-state index contributed by atoms with van der Waals surface area (Å²) in [4.78, 5) is 13.3. The van der Waals surface area contributed by atoms with Gasteiger partial charge in [-0.15, -0.1) is 0 Å². The van der Waals surface area contributed by atoms with Gasteiger partial charge in [0, 0.05) is 6.54 Å². The monoisotopic (exact) mass is 266 g/mol. The molecule has 1 saturated heterocycles. The number of aromatic carboxylic acids is 1. The lowest BCUT2D eigenvalue weighted by Gasteiger charge is -2.38. The van der Waals surface area contributed by atoms with Crippen LogP contribution in [0.4, 0.5) is 0 Å². The van der Waals surface area contributed by atoms with Crippen LogP contribution >= 0.6 is 0 Å². The number of furan rings is 1. The quantitative estimate of drug-likeness (QED) is 0.850.